The molecule has 0 radical (unpaired) electrons. The summed E-state index contributed by atoms with van der Waals surface area (Å²) in [6.45, 7) is 6.82. The molecule has 3 aromatic rings. The van der Waals surface area contributed by atoms with Crippen LogP contribution in [0.5, 0.6) is 0 Å². The highest BCUT2D eigenvalue weighted by Gasteiger charge is 2.20. The van der Waals surface area contributed by atoms with Crippen LogP contribution in [-0.2, 0) is 4.74 Å². The number of nitrogens with one attached hydrogen (secondary N) is 2. The average molecular weight is 470 g/mol. The molecule has 6 nitrogen and oxygen atoms in total. The number of carbonyl (C=O) groups is 1. The molecule has 1 amide bonds. The van der Waals surface area contributed by atoms with E-state index in [-0.39, 0.29) is 10.9 Å². The summed E-state index contributed by atoms with van der Waals surface area (Å²) < 4.78 is 11.2. The molecule has 1 aliphatic rings. The van der Waals surface area contributed by atoms with E-state index in [1.807, 2.05) is 43.3 Å². The fraction of sp³-hybridized carbons (Fsp3) is 0.250. The van der Waals surface area contributed by atoms with Gasteiger partial charge in [-0.3, -0.25) is 10.1 Å². The van der Waals surface area contributed by atoms with Crippen LogP contribution in [0, 0.1) is 13.8 Å². The molecule has 0 spiro atoms. The second-order valence-electron chi connectivity index (χ2n) is 7.61. The van der Waals surface area contributed by atoms with Crippen LogP contribution in [0.3, 0.4) is 0 Å². The Morgan fingerprint density at radius 2 is 1.84 bits per heavy atom. The lowest BCUT2D eigenvalue weighted by atomic mass is 10.1. The van der Waals surface area contributed by atoms with Crippen molar-refractivity contribution in [2.75, 3.05) is 36.5 Å². The number of halogens is 1. The number of para-hydroxylation sites is 1. The van der Waals surface area contributed by atoms with Crippen LogP contribution in [0.2, 0.25) is 5.02 Å². The van der Waals surface area contributed by atoms with Crippen molar-refractivity contribution in [1.82, 2.24) is 5.32 Å². The van der Waals surface area contributed by atoms with Crippen molar-refractivity contribution in [3.63, 3.8) is 0 Å². The molecule has 166 valence electrons. The number of carbonyl (C=O) groups excluding carboxylic acids is 1. The lowest BCUT2D eigenvalue weighted by Gasteiger charge is -2.31. The molecule has 1 aliphatic heterocycles. The van der Waals surface area contributed by atoms with Crippen LogP contribution in [0.15, 0.2) is 52.9 Å². The minimum absolute atomic E-state index is 0.163. The average Bonchev–Trinajstić information content (AvgIpc) is 3.27. The molecule has 0 atom stereocenters. The number of hydrogen-bond acceptors (Lipinski definition) is 5. The maximum Gasteiger partial charge on any atom is 0.293 e. The highest BCUT2D eigenvalue weighted by Crippen LogP contribution is 2.34. The normalized spacial score (nSPS) is 13.7. The molecule has 32 heavy (non-hydrogen) atoms. The number of amides is 1. The third-order valence-corrected chi connectivity index (χ3v) is 5.92. The molecule has 1 fully saturated rings. The highest BCUT2D eigenvalue weighted by atomic mass is 35.5. The van der Waals surface area contributed by atoms with Gasteiger partial charge in [0.2, 0.25) is 0 Å². The molecule has 0 bridgehead atoms. The lowest BCUT2D eigenvalue weighted by molar-refractivity contribution is 0.0951. The fourth-order valence-electron chi connectivity index (χ4n) is 3.55. The number of benzene rings is 2. The summed E-state index contributed by atoms with van der Waals surface area (Å²) in [5, 5.41) is 6.54. The molecule has 1 saturated heterocycles. The molecule has 4 rings (SSSR count). The molecule has 2 N–H and O–H groups in total. The number of hydrogen-bond donors (Lipinski definition) is 2. The Labute approximate surface area is 197 Å². The van der Waals surface area contributed by atoms with E-state index in [9.17, 15) is 4.79 Å². The number of morpholine rings is 1. The standard InChI is InChI=1S/C24H24ClN3O3S/c1-15-6-7-17(14-16(15)2)20-8-9-21(31-20)23(29)27-24(32)26-19-5-3-4-18(25)22(19)28-10-12-30-13-11-28/h3-9,14H,10-13H2,1-2H3,(H2,26,27,29,32). The van der Waals surface area contributed by atoms with Gasteiger partial charge in [0.05, 0.1) is 29.6 Å². The Bertz CT molecular complexity index is 1160. The Morgan fingerprint density at radius 3 is 2.59 bits per heavy atom. The first kappa shape index (κ1) is 22.3. The minimum Gasteiger partial charge on any atom is -0.451 e. The molecular weight excluding hydrogens is 446 g/mol. The maximum absolute atomic E-state index is 12.7. The third kappa shape index (κ3) is 4.96. The first-order chi connectivity index (χ1) is 15.4. The predicted octanol–water partition coefficient (Wildman–Crippen LogP) is 5.18. The Balaban J connectivity index is 1.45. The van der Waals surface area contributed by atoms with Crippen molar-refractivity contribution in [2.24, 2.45) is 0 Å². The van der Waals surface area contributed by atoms with E-state index in [1.165, 1.54) is 5.56 Å². The number of rotatable bonds is 4. The number of nitrogens with zero attached hydrogens (tertiary/aromatic N) is 1. The number of ether oxygens (including phenoxy) is 1. The second kappa shape index (κ2) is 9.73. The van der Waals surface area contributed by atoms with Gasteiger partial charge in [-0.2, -0.15) is 0 Å². The topological polar surface area (TPSA) is 66.7 Å². The smallest absolute Gasteiger partial charge is 0.293 e. The van der Waals surface area contributed by atoms with E-state index < -0.39 is 5.91 Å². The number of furan rings is 1. The van der Waals surface area contributed by atoms with E-state index in [4.69, 9.17) is 33.0 Å². The zero-order valence-corrected chi connectivity index (χ0v) is 19.5. The van der Waals surface area contributed by atoms with Gasteiger partial charge in [0.15, 0.2) is 10.9 Å². The quantitative estimate of drug-likeness (QED) is 0.513. The molecule has 2 aromatic carbocycles. The third-order valence-electron chi connectivity index (χ3n) is 5.41. The van der Waals surface area contributed by atoms with Gasteiger partial charge >= 0.3 is 0 Å². The summed E-state index contributed by atoms with van der Waals surface area (Å²) in [7, 11) is 0. The SMILES string of the molecule is Cc1ccc(-c2ccc(C(=O)NC(=S)Nc3cccc(Cl)c3N3CCOCC3)o2)cc1C. The first-order valence-corrected chi connectivity index (χ1v) is 11.1. The number of thiocarbonyl (C=S) groups is 1. The van der Waals surface area contributed by atoms with E-state index in [2.05, 4.69) is 22.5 Å². The van der Waals surface area contributed by atoms with Gasteiger partial charge in [0.1, 0.15) is 5.76 Å². The molecular formula is C24H24ClN3O3S. The molecule has 1 aromatic heterocycles. The molecule has 0 aliphatic carbocycles. The number of aryl methyl sites for hydroxylation is 2. The van der Waals surface area contributed by atoms with Crippen LogP contribution in [-0.4, -0.2) is 37.3 Å². The highest BCUT2D eigenvalue weighted by molar-refractivity contribution is 7.80. The fourth-order valence-corrected chi connectivity index (χ4v) is 4.05. The predicted molar refractivity (Wildman–Crippen MR) is 132 cm³/mol. The van der Waals surface area contributed by atoms with Gasteiger partial charge in [0.25, 0.3) is 5.91 Å². The van der Waals surface area contributed by atoms with E-state index in [0.29, 0.717) is 24.0 Å². The van der Waals surface area contributed by atoms with Gasteiger partial charge in [-0.05, 0) is 67.5 Å². The zero-order valence-electron chi connectivity index (χ0n) is 17.9. The summed E-state index contributed by atoms with van der Waals surface area (Å²) in [6.07, 6.45) is 0. The summed E-state index contributed by atoms with van der Waals surface area (Å²) in [5.74, 6) is 0.385. The van der Waals surface area contributed by atoms with Crippen LogP contribution in [0.1, 0.15) is 21.7 Å². The van der Waals surface area contributed by atoms with Gasteiger partial charge in [0, 0.05) is 18.7 Å². The van der Waals surface area contributed by atoms with E-state index in [1.54, 1.807) is 12.1 Å². The molecule has 0 unspecified atom stereocenters. The van der Waals surface area contributed by atoms with Crippen molar-refractivity contribution in [1.29, 1.82) is 0 Å². The number of anilines is 2. The second-order valence-corrected chi connectivity index (χ2v) is 8.42. The zero-order chi connectivity index (χ0) is 22.7. The summed E-state index contributed by atoms with van der Waals surface area (Å²) >= 11 is 11.8. The van der Waals surface area contributed by atoms with Crippen LogP contribution >= 0.6 is 23.8 Å². The van der Waals surface area contributed by atoms with Gasteiger partial charge in [-0.1, -0.05) is 29.8 Å². The summed E-state index contributed by atoms with van der Waals surface area (Å²) in [4.78, 5) is 14.8. The van der Waals surface area contributed by atoms with Crippen LogP contribution < -0.4 is 15.5 Å². The Hall–Kier alpha value is -2.87. The minimum atomic E-state index is -0.424. The van der Waals surface area contributed by atoms with E-state index >= 15 is 0 Å². The van der Waals surface area contributed by atoms with Crippen molar-refractivity contribution < 1.29 is 13.9 Å². The molecule has 0 saturated carbocycles. The summed E-state index contributed by atoms with van der Waals surface area (Å²) in [6, 6.07) is 15.0. The largest absolute Gasteiger partial charge is 0.451 e. The Morgan fingerprint density at radius 1 is 1.06 bits per heavy atom. The van der Waals surface area contributed by atoms with Gasteiger partial charge < -0.3 is 19.4 Å². The Kier molecular flexibility index (Phi) is 6.79. The van der Waals surface area contributed by atoms with Gasteiger partial charge in [-0.15, -0.1) is 0 Å². The lowest BCUT2D eigenvalue weighted by Crippen LogP contribution is -2.38. The van der Waals surface area contributed by atoms with Crippen molar-refractivity contribution in [3.05, 3.63) is 70.4 Å². The monoisotopic (exact) mass is 469 g/mol. The van der Waals surface area contributed by atoms with Crippen molar-refractivity contribution >= 4 is 46.2 Å². The summed E-state index contributed by atoms with van der Waals surface area (Å²) in [5.41, 5.74) is 4.84. The molecule has 8 heteroatoms. The van der Waals surface area contributed by atoms with Crippen LogP contribution in [0.4, 0.5) is 11.4 Å². The first-order valence-electron chi connectivity index (χ1n) is 10.3. The van der Waals surface area contributed by atoms with Crippen LogP contribution in [0.25, 0.3) is 11.3 Å². The van der Waals surface area contributed by atoms with Gasteiger partial charge in [-0.25, -0.2) is 0 Å². The van der Waals surface area contributed by atoms with E-state index in [0.717, 1.165) is 35.6 Å². The van der Waals surface area contributed by atoms with Crippen molar-refractivity contribution in [3.8, 4) is 11.3 Å². The molecule has 2 heterocycles. The maximum atomic E-state index is 12.7. The van der Waals surface area contributed by atoms with Crippen molar-refractivity contribution in [2.45, 2.75) is 13.8 Å².